The molecule has 0 saturated carbocycles. The highest BCUT2D eigenvalue weighted by atomic mass is 16.5. The Balaban J connectivity index is 2.85. The number of hydrogen-bond acceptors (Lipinski definition) is 5. The van der Waals surface area contributed by atoms with Gasteiger partial charge >= 0.3 is 0 Å². The van der Waals surface area contributed by atoms with Gasteiger partial charge in [0.2, 0.25) is 5.95 Å². The van der Waals surface area contributed by atoms with E-state index in [1.807, 2.05) is 6.92 Å². The number of likely N-dealkylation sites (N-methyl/N-ethyl adjacent to an activating group) is 1. The third kappa shape index (κ3) is 3.67. The minimum Gasteiger partial charge on any atom is -0.383 e. The maximum absolute atomic E-state index is 12.1. The average Bonchev–Trinajstić information content (AvgIpc) is 2.28. The second-order valence-electron chi connectivity index (χ2n) is 3.63. The van der Waals surface area contributed by atoms with Gasteiger partial charge in [-0.2, -0.15) is 0 Å². The standard InChI is InChI=1S/C11H18N4O2/c1-4-15(5-6-17-3)10(16)9-7-8(2)13-11(12)14-9/h7H,4-6H2,1-3H3,(H2,12,13,14). The molecule has 0 bridgehead atoms. The van der Waals surface area contributed by atoms with E-state index in [1.54, 1.807) is 25.0 Å². The molecule has 0 aromatic carbocycles. The van der Waals surface area contributed by atoms with Crippen LogP contribution in [0.4, 0.5) is 5.95 Å². The van der Waals surface area contributed by atoms with Crippen molar-refractivity contribution in [1.82, 2.24) is 14.9 Å². The van der Waals surface area contributed by atoms with Gasteiger partial charge in [-0.1, -0.05) is 0 Å². The smallest absolute Gasteiger partial charge is 0.272 e. The van der Waals surface area contributed by atoms with Crippen molar-refractivity contribution in [3.63, 3.8) is 0 Å². The zero-order chi connectivity index (χ0) is 12.8. The van der Waals surface area contributed by atoms with E-state index < -0.39 is 0 Å². The van der Waals surface area contributed by atoms with E-state index in [0.717, 1.165) is 0 Å². The van der Waals surface area contributed by atoms with Crippen LogP contribution in [0.1, 0.15) is 23.1 Å². The Morgan fingerprint density at radius 1 is 1.53 bits per heavy atom. The fraction of sp³-hybridized carbons (Fsp3) is 0.545. The SMILES string of the molecule is CCN(CCOC)C(=O)c1cc(C)nc(N)n1. The fourth-order valence-corrected chi connectivity index (χ4v) is 1.47. The first kappa shape index (κ1) is 13.4. The molecule has 0 atom stereocenters. The van der Waals surface area contributed by atoms with Gasteiger partial charge in [0.25, 0.3) is 5.91 Å². The van der Waals surface area contributed by atoms with Crippen molar-refractivity contribution < 1.29 is 9.53 Å². The molecule has 6 heteroatoms. The number of nitrogens with two attached hydrogens (primary N) is 1. The van der Waals surface area contributed by atoms with E-state index in [4.69, 9.17) is 10.5 Å². The first-order valence-electron chi connectivity index (χ1n) is 5.47. The molecule has 0 fully saturated rings. The second-order valence-corrected chi connectivity index (χ2v) is 3.63. The molecule has 6 nitrogen and oxygen atoms in total. The molecule has 1 rings (SSSR count). The molecule has 1 aromatic rings. The van der Waals surface area contributed by atoms with Gasteiger partial charge in [-0.3, -0.25) is 4.79 Å². The van der Waals surface area contributed by atoms with E-state index in [-0.39, 0.29) is 11.9 Å². The van der Waals surface area contributed by atoms with Crippen LogP contribution in [0.25, 0.3) is 0 Å². The molecule has 0 aliphatic rings. The lowest BCUT2D eigenvalue weighted by molar-refractivity contribution is 0.0700. The minimum absolute atomic E-state index is 0.121. The number of nitrogens with zero attached hydrogens (tertiary/aromatic N) is 3. The third-order valence-electron chi connectivity index (χ3n) is 2.32. The van der Waals surface area contributed by atoms with E-state index in [0.29, 0.717) is 31.1 Å². The second kappa shape index (κ2) is 6.15. The molecule has 0 unspecified atom stereocenters. The lowest BCUT2D eigenvalue weighted by atomic mass is 10.3. The molecule has 0 radical (unpaired) electrons. The van der Waals surface area contributed by atoms with Crippen LogP contribution in [0.2, 0.25) is 0 Å². The van der Waals surface area contributed by atoms with Gasteiger partial charge in [-0.15, -0.1) is 0 Å². The lowest BCUT2D eigenvalue weighted by Gasteiger charge is -2.20. The minimum atomic E-state index is -0.151. The van der Waals surface area contributed by atoms with Crippen molar-refractivity contribution >= 4 is 11.9 Å². The van der Waals surface area contributed by atoms with Gasteiger partial charge in [0.1, 0.15) is 5.69 Å². The van der Waals surface area contributed by atoms with E-state index >= 15 is 0 Å². The molecule has 0 saturated heterocycles. The molecule has 1 aromatic heterocycles. The average molecular weight is 238 g/mol. The summed E-state index contributed by atoms with van der Waals surface area (Å²) >= 11 is 0. The highest BCUT2D eigenvalue weighted by Gasteiger charge is 2.16. The number of nitrogen functional groups attached to an aromatic ring is 1. The number of carbonyl (C=O) groups is 1. The van der Waals surface area contributed by atoms with Crippen molar-refractivity contribution in [3.8, 4) is 0 Å². The van der Waals surface area contributed by atoms with Crippen molar-refractivity contribution in [2.45, 2.75) is 13.8 Å². The number of aryl methyl sites for hydroxylation is 1. The Hall–Kier alpha value is -1.69. The van der Waals surface area contributed by atoms with Gasteiger partial charge < -0.3 is 15.4 Å². The summed E-state index contributed by atoms with van der Waals surface area (Å²) < 4.78 is 4.96. The first-order valence-corrected chi connectivity index (χ1v) is 5.47. The number of amides is 1. The van der Waals surface area contributed by atoms with Gasteiger partial charge in [0, 0.05) is 25.9 Å². The molecule has 0 aliphatic carbocycles. The summed E-state index contributed by atoms with van der Waals surface area (Å²) in [5, 5.41) is 0. The summed E-state index contributed by atoms with van der Waals surface area (Å²) in [5.74, 6) is -0.0297. The number of methoxy groups -OCH3 is 1. The maximum Gasteiger partial charge on any atom is 0.272 e. The van der Waals surface area contributed by atoms with Gasteiger partial charge in [0.15, 0.2) is 0 Å². The Morgan fingerprint density at radius 3 is 2.76 bits per heavy atom. The van der Waals surface area contributed by atoms with Crippen molar-refractivity contribution in [2.24, 2.45) is 0 Å². The summed E-state index contributed by atoms with van der Waals surface area (Å²) in [6.07, 6.45) is 0. The zero-order valence-corrected chi connectivity index (χ0v) is 10.4. The predicted octanol–water partition coefficient (Wildman–Crippen LogP) is 0.476. The van der Waals surface area contributed by atoms with Crippen LogP contribution in [0.3, 0.4) is 0 Å². The van der Waals surface area contributed by atoms with Crippen LogP contribution < -0.4 is 5.73 Å². The van der Waals surface area contributed by atoms with Crippen LogP contribution in [0, 0.1) is 6.92 Å². The summed E-state index contributed by atoms with van der Waals surface area (Å²) in [5.41, 5.74) is 6.53. The number of rotatable bonds is 5. The Labute approximate surface area is 101 Å². The lowest BCUT2D eigenvalue weighted by Crippen LogP contribution is -2.34. The number of anilines is 1. The topological polar surface area (TPSA) is 81.3 Å². The highest BCUT2D eigenvalue weighted by molar-refractivity contribution is 5.92. The van der Waals surface area contributed by atoms with E-state index in [2.05, 4.69) is 9.97 Å². The van der Waals surface area contributed by atoms with Crippen molar-refractivity contribution in [3.05, 3.63) is 17.5 Å². The molecule has 17 heavy (non-hydrogen) atoms. The van der Waals surface area contributed by atoms with Crippen LogP contribution in [-0.2, 0) is 4.74 Å². The van der Waals surface area contributed by atoms with E-state index in [9.17, 15) is 4.79 Å². The Morgan fingerprint density at radius 2 is 2.24 bits per heavy atom. The zero-order valence-electron chi connectivity index (χ0n) is 10.4. The molecule has 1 heterocycles. The number of ether oxygens (including phenoxy) is 1. The Bertz CT molecular complexity index is 375. The monoisotopic (exact) mass is 238 g/mol. The van der Waals surface area contributed by atoms with Gasteiger partial charge in [-0.05, 0) is 19.9 Å². The van der Waals surface area contributed by atoms with Crippen LogP contribution in [-0.4, -0.2) is 47.6 Å². The molecule has 0 aliphatic heterocycles. The van der Waals surface area contributed by atoms with Crippen LogP contribution >= 0.6 is 0 Å². The normalized spacial score (nSPS) is 10.3. The number of carbonyl (C=O) groups excluding carboxylic acids is 1. The molecule has 0 spiro atoms. The number of aromatic nitrogens is 2. The fourth-order valence-electron chi connectivity index (χ4n) is 1.47. The first-order chi connectivity index (χ1) is 8.08. The summed E-state index contributed by atoms with van der Waals surface area (Å²) in [4.78, 5) is 21.6. The molecule has 94 valence electrons. The molecule has 2 N–H and O–H groups in total. The van der Waals surface area contributed by atoms with Crippen LogP contribution in [0.5, 0.6) is 0 Å². The quantitative estimate of drug-likeness (QED) is 0.806. The van der Waals surface area contributed by atoms with Crippen LogP contribution in [0.15, 0.2) is 6.07 Å². The predicted molar refractivity (Wildman–Crippen MR) is 64.6 cm³/mol. The highest BCUT2D eigenvalue weighted by Crippen LogP contribution is 2.05. The van der Waals surface area contributed by atoms with Gasteiger partial charge in [0.05, 0.1) is 6.61 Å². The van der Waals surface area contributed by atoms with Crippen molar-refractivity contribution in [1.29, 1.82) is 0 Å². The van der Waals surface area contributed by atoms with E-state index in [1.165, 1.54) is 0 Å². The third-order valence-corrected chi connectivity index (χ3v) is 2.32. The summed E-state index contributed by atoms with van der Waals surface area (Å²) in [6.45, 7) is 5.32. The summed E-state index contributed by atoms with van der Waals surface area (Å²) in [7, 11) is 1.60. The largest absolute Gasteiger partial charge is 0.383 e. The molecule has 1 amide bonds. The van der Waals surface area contributed by atoms with Gasteiger partial charge in [-0.25, -0.2) is 9.97 Å². The number of hydrogen-bond donors (Lipinski definition) is 1. The Kier molecular flexibility index (Phi) is 4.84. The molecular weight excluding hydrogens is 220 g/mol. The maximum atomic E-state index is 12.1. The van der Waals surface area contributed by atoms with Crippen molar-refractivity contribution in [2.75, 3.05) is 32.5 Å². The summed E-state index contributed by atoms with van der Waals surface area (Å²) in [6, 6.07) is 1.63. The molecular formula is C11H18N4O2.